The second-order valence-corrected chi connectivity index (χ2v) is 4.55. The molecule has 0 spiro atoms. The van der Waals surface area contributed by atoms with Crippen LogP contribution >= 0.6 is 0 Å². The first-order valence-electron chi connectivity index (χ1n) is 6.10. The van der Waals surface area contributed by atoms with Gasteiger partial charge in [-0.15, -0.1) is 0 Å². The van der Waals surface area contributed by atoms with Crippen molar-refractivity contribution in [1.29, 1.82) is 5.26 Å². The first-order valence-corrected chi connectivity index (χ1v) is 6.10. The van der Waals surface area contributed by atoms with Crippen LogP contribution < -0.4 is 10.1 Å². The molecular weight excluding hydrogens is 228 g/mol. The SMILES string of the molecule is COc1cc(CNC2CC(OC)C2)ccc1C#N. The van der Waals surface area contributed by atoms with E-state index < -0.39 is 0 Å². The zero-order valence-corrected chi connectivity index (χ0v) is 10.8. The van der Waals surface area contributed by atoms with E-state index in [1.165, 1.54) is 0 Å². The smallest absolute Gasteiger partial charge is 0.136 e. The van der Waals surface area contributed by atoms with Crippen molar-refractivity contribution in [2.45, 2.75) is 31.5 Å². The van der Waals surface area contributed by atoms with Crippen LogP contribution in [0.1, 0.15) is 24.0 Å². The molecule has 1 fully saturated rings. The number of ether oxygens (including phenoxy) is 2. The molecule has 1 aliphatic rings. The molecule has 4 heteroatoms. The Kier molecular flexibility index (Phi) is 4.19. The molecule has 4 nitrogen and oxygen atoms in total. The van der Waals surface area contributed by atoms with Crippen molar-refractivity contribution >= 4 is 0 Å². The molecule has 0 unspecified atom stereocenters. The zero-order chi connectivity index (χ0) is 13.0. The minimum Gasteiger partial charge on any atom is -0.495 e. The summed E-state index contributed by atoms with van der Waals surface area (Å²) in [5.41, 5.74) is 1.70. The highest BCUT2D eigenvalue weighted by Crippen LogP contribution is 2.24. The Morgan fingerprint density at radius 1 is 1.39 bits per heavy atom. The number of benzene rings is 1. The van der Waals surface area contributed by atoms with Gasteiger partial charge in [0.15, 0.2) is 0 Å². The Balaban J connectivity index is 1.89. The lowest BCUT2D eigenvalue weighted by molar-refractivity contribution is 0.0170. The largest absolute Gasteiger partial charge is 0.495 e. The molecule has 2 rings (SSSR count). The summed E-state index contributed by atoms with van der Waals surface area (Å²) in [7, 11) is 3.34. The number of rotatable bonds is 5. The van der Waals surface area contributed by atoms with E-state index in [0.717, 1.165) is 24.9 Å². The van der Waals surface area contributed by atoms with Gasteiger partial charge in [-0.05, 0) is 30.5 Å². The van der Waals surface area contributed by atoms with Crippen LogP contribution in [0.15, 0.2) is 18.2 Å². The summed E-state index contributed by atoms with van der Waals surface area (Å²) in [4.78, 5) is 0. The minimum atomic E-state index is 0.415. The first-order chi connectivity index (χ1) is 8.76. The highest BCUT2D eigenvalue weighted by molar-refractivity contribution is 5.45. The van der Waals surface area contributed by atoms with Crippen molar-refractivity contribution in [3.8, 4) is 11.8 Å². The first kappa shape index (κ1) is 12.9. The van der Waals surface area contributed by atoms with Gasteiger partial charge in [-0.25, -0.2) is 0 Å². The van der Waals surface area contributed by atoms with Crippen LogP contribution in [-0.4, -0.2) is 26.4 Å². The fourth-order valence-electron chi connectivity index (χ4n) is 2.12. The Morgan fingerprint density at radius 2 is 2.17 bits per heavy atom. The molecule has 0 aliphatic heterocycles. The van der Waals surface area contributed by atoms with E-state index in [1.54, 1.807) is 20.3 Å². The fourth-order valence-corrected chi connectivity index (χ4v) is 2.12. The van der Waals surface area contributed by atoms with Crippen LogP contribution in [0.5, 0.6) is 5.75 Å². The highest BCUT2D eigenvalue weighted by Gasteiger charge is 2.28. The third-order valence-corrected chi connectivity index (χ3v) is 3.41. The zero-order valence-electron chi connectivity index (χ0n) is 10.8. The van der Waals surface area contributed by atoms with Crippen LogP contribution in [0.3, 0.4) is 0 Å². The summed E-state index contributed by atoms with van der Waals surface area (Å²) >= 11 is 0. The lowest BCUT2D eigenvalue weighted by atomic mass is 9.89. The van der Waals surface area contributed by atoms with Gasteiger partial charge >= 0.3 is 0 Å². The maximum atomic E-state index is 8.90. The molecule has 18 heavy (non-hydrogen) atoms. The number of nitriles is 1. The van der Waals surface area contributed by atoms with Crippen LogP contribution in [0.2, 0.25) is 0 Å². The average molecular weight is 246 g/mol. The van der Waals surface area contributed by atoms with Crippen LogP contribution in [0.25, 0.3) is 0 Å². The van der Waals surface area contributed by atoms with E-state index in [-0.39, 0.29) is 0 Å². The van der Waals surface area contributed by atoms with E-state index >= 15 is 0 Å². The number of hydrogen-bond acceptors (Lipinski definition) is 4. The molecule has 96 valence electrons. The normalized spacial score (nSPS) is 22.1. The van der Waals surface area contributed by atoms with Gasteiger partial charge < -0.3 is 14.8 Å². The fraction of sp³-hybridized carbons (Fsp3) is 0.500. The van der Waals surface area contributed by atoms with E-state index in [4.69, 9.17) is 14.7 Å². The molecular formula is C14H18N2O2. The van der Waals surface area contributed by atoms with Gasteiger partial charge in [0, 0.05) is 19.7 Å². The van der Waals surface area contributed by atoms with Gasteiger partial charge in [0.1, 0.15) is 11.8 Å². The Hall–Kier alpha value is -1.57. The summed E-state index contributed by atoms with van der Waals surface area (Å²) in [6.45, 7) is 0.795. The third kappa shape index (κ3) is 2.81. The van der Waals surface area contributed by atoms with Crippen LogP contribution in [0.4, 0.5) is 0 Å². The second kappa shape index (κ2) is 5.85. The summed E-state index contributed by atoms with van der Waals surface area (Å²) in [6.07, 6.45) is 2.56. The van der Waals surface area contributed by atoms with Gasteiger partial charge in [0.2, 0.25) is 0 Å². The van der Waals surface area contributed by atoms with Crippen LogP contribution in [0, 0.1) is 11.3 Å². The summed E-state index contributed by atoms with van der Waals surface area (Å²) in [5.74, 6) is 0.639. The van der Waals surface area contributed by atoms with E-state index in [0.29, 0.717) is 23.5 Å². The maximum Gasteiger partial charge on any atom is 0.136 e. The van der Waals surface area contributed by atoms with Gasteiger partial charge in [-0.2, -0.15) is 5.26 Å². The molecule has 1 aromatic rings. The standard InChI is InChI=1S/C14H18N2O2/c1-17-13-6-12(7-13)16-9-10-3-4-11(8-15)14(5-10)18-2/h3-5,12-13,16H,6-7,9H2,1-2H3. The predicted molar refractivity (Wildman–Crippen MR) is 68.4 cm³/mol. The van der Waals surface area contributed by atoms with Crippen molar-refractivity contribution in [2.75, 3.05) is 14.2 Å². The number of nitrogens with one attached hydrogen (secondary N) is 1. The molecule has 1 N–H and O–H groups in total. The molecule has 0 aromatic heterocycles. The summed E-state index contributed by atoms with van der Waals surface area (Å²) < 4.78 is 10.4. The molecule has 0 atom stereocenters. The number of hydrogen-bond donors (Lipinski definition) is 1. The maximum absolute atomic E-state index is 8.90. The van der Waals surface area contributed by atoms with Gasteiger partial charge in [0.25, 0.3) is 0 Å². The average Bonchev–Trinajstić information content (AvgIpc) is 2.37. The molecule has 0 radical (unpaired) electrons. The van der Waals surface area contributed by atoms with E-state index in [1.807, 2.05) is 12.1 Å². The van der Waals surface area contributed by atoms with Crippen molar-refractivity contribution in [3.63, 3.8) is 0 Å². The number of nitrogens with zero attached hydrogens (tertiary/aromatic N) is 1. The number of methoxy groups -OCH3 is 2. The van der Waals surface area contributed by atoms with Crippen LogP contribution in [-0.2, 0) is 11.3 Å². The van der Waals surface area contributed by atoms with Crippen molar-refractivity contribution in [1.82, 2.24) is 5.32 Å². The van der Waals surface area contributed by atoms with Crippen molar-refractivity contribution in [2.24, 2.45) is 0 Å². The van der Waals surface area contributed by atoms with Crippen molar-refractivity contribution in [3.05, 3.63) is 29.3 Å². The molecule has 1 aliphatic carbocycles. The molecule has 0 heterocycles. The van der Waals surface area contributed by atoms with Gasteiger partial charge in [-0.1, -0.05) is 6.07 Å². The summed E-state index contributed by atoms with van der Waals surface area (Å²) in [6, 6.07) is 8.32. The molecule has 0 bridgehead atoms. The Morgan fingerprint density at radius 3 is 2.78 bits per heavy atom. The Bertz CT molecular complexity index is 448. The van der Waals surface area contributed by atoms with E-state index in [9.17, 15) is 0 Å². The minimum absolute atomic E-state index is 0.415. The lowest BCUT2D eigenvalue weighted by Gasteiger charge is -2.34. The Labute approximate surface area is 108 Å². The highest BCUT2D eigenvalue weighted by atomic mass is 16.5. The lowest BCUT2D eigenvalue weighted by Crippen LogP contribution is -2.44. The quantitative estimate of drug-likeness (QED) is 0.861. The van der Waals surface area contributed by atoms with Crippen molar-refractivity contribution < 1.29 is 9.47 Å². The topological polar surface area (TPSA) is 54.3 Å². The predicted octanol–water partition coefficient (Wildman–Crippen LogP) is 1.83. The monoisotopic (exact) mass is 246 g/mol. The van der Waals surface area contributed by atoms with Gasteiger partial charge in [-0.3, -0.25) is 0 Å². The second-order valence-electron chi connectivity index (χ2n) is 4.55. The molecule has 0 amide bonds. The van der Waals surface area contributed by atoms with Gasteiger partial charge in [0.05, 0.1) is 18.8 Å². The summed E-state index contributed by atoms with van der Waals surface area (Å²) in [5, 5.41) is 12.4. The molecule has 1 aromatic carbocycles. The van der Waals surface area contributed by atoms with E-state index in [2.05, 4.69) is 11.4 Å². The molecule has 0 saturated heterocycles. The third-order valence-electron chi connectivity index (χ3n) is 3.41. The molecule has 1 saturated carbocycles.